The number of amides is 1. The SMILES string of the molecule is Cl.Cl.NC(=O)c1cccnc1N1CCN(Cc2cc3n(n2)CCCNC3)CC1. The fourth-order valence-corrected chi connectivity index (χ4v) is 3.69. The lowest BCUT2D eigenvalue weighted by molar-refractivity contribution is 0.1000. The molecule has 28 heavy (non-hydrogen) atoms. The second-order valence-electron chi connectivity index (χ2n) is 6.88. The standard InChI is InChI=1S/C18H25N7O.2ClH/c19-17(26)16-3-1-5-21-18(16)24-9-7-23(8-10-24)13-14-11-15-12-20-4-2-6-25(15)22-14;;/h1,3,5,11,20H,2,4,6-10,12-13H2,(H2,19,26);2*1H. The van der Waals surface area contributed by atoms with E-state index in [1.807, 2.05) is 0 Å². The van der Waals surface area contributed by atoms with Crippen molar-refractivity contribution < 1.29 is 4.79 Å². The third-order valence-electron chi connectivity index (χ3n) is 5.05. The number of rotatable bonds is 4. The summed E-state index contributed by atoms with van der Waals surface area (Å²) in [6.45, 7) is 7.28. The molecule has 10 heteroatoms. The van der Waals surface area contributed by atoms with Crippen LogP contribution in [-0.2, 0) is 19.6 Å². The fourth-order valence-electron chi connectivity index (χ4n) is 3.69. The zero-order valence-corrected chi connectivity index (χ0v) is 17.3. The van der Waals surface area contributed by atoms with Crippen LogP contribution in [0.4, 0.5) is 5.82 Å². The van der Waals surface area contributed by atoms with Crippen LogP contribution in [0.5, 0.6) is 0 Å². The predicted octanol–water partition coefficient (Wildman–Crippen LogP) is 1.04. The maximum absolute atomic E-state index is 11.6. The lowest BCUT2D eigenvalue weighted by Gasteiger charge is -2.35. The second-order valence-corrected chi connectivity index (χ2v) is 6.88. The minimum Gasteiger partial charge on any atom is -0.365 e. The summed E-state index contributed by atoms with van der Waals surface area (Å²) in [5.74, 6) is 0.267. The van der Waals surface area contributed by atoms with Crippen LogP contribution in [0, 0.1) is 0 Å². The first kappa shape index (κ1) is 22.4. The average molecular weight is 428 g/mol. The number of piperazine rings is 1. The summed E-state index contributed by atoms with van der Waals surface area (Å²) < 4.78 is 2.14. The number of hydrogen-bond donors (Lipinski definition) is 2. The van der Waals surface area contributed by atoms with Gasteiger partial charge in [-0.3, -0.25) is 14.4 Å². The minimum atomic E-state index is -0.427. The molecule has 1 amide bonds. The summed E-state index contributed by atoms with van der Waals surface area (Å²) >= 11 is 0. The van der Waals surface area contributed by atoms with Crippen molar-refractivity contribution >= 4 is 36.5 Å². The van der Waals surface area contributed by atoms with Crippen LogP contribution in [0.2, 0.25) is 0 Å². The quantitative estimate of drug-likeness (QED) is 0.756. The van der Waals surface area contributed by atoms with Crippen LogP contribution in [0.15, 0.2) is 24.4 Å². The van der Waals surface area contributed by atoms with Crippen molar-refractivity contribution in [2.24, 2.45) is 5.73 Å². The summed E-state index contributed by atoms with van der Waals surface area (Å²) in [7, 11) is 0. The summed E-state index contributed by atoms with van der Waals surface area (Å²) in [5.41, 5.74) is 8.38. The molecule has 2 aliphatic rings. The Hall–Kier alpha value is -1.87. The molecule has 0 spiro atoms. The van der Waals surface area contributed by atoms with Gasteiger partial charge in [0.05, 0.1) is 17.0 Å². The Kier molecular flexibility index (Phi) is 8.06. The Morgan fingerprint density at radius 3 is 2.71 bits per heavy atom. The molecule has 2 aromatic rings. The van der Waals surface area contributed by atoms with Crippen LogP contribution < -0.4 is 16.0 Å². The van der Waals surface area contributed by atoms with E-state index in [9.17, 15) is 4.79 Å². The van der Waals surface area contributed by atoms with Gasteiger partial charge in [-0.15, -0.1) is 24.8 Å². The van der Waals surface area contributed by atoms with Crippen molar-refractivity contribution in [3.63, 3.8) is 0 Å². The first-order valence-electron chi connectivity index (χ1n) is 9.19. The average Bonchev–Trinajstić information content (AvgIpc) is 2.90. The smallest absolute Gasteiger partial charge is 0.252 e. The summed E-state index contributed by atoms with van der Waals surface area (Å²) in [6, 6.07) is 5.70. The lowest BCUT2D eigenvalue weighted by Crippen LogP contribution is -2.46. The molecule has 0 radical (unpaired) electrons. The molecular formula is C18H27Cl2N7O. The number of nitrogens with zero attached hydrogens (tertiary/aromatic N) is 5. The van der Waals surface area contributed by atoms with E-state index in [-0.39, 0.29) is 24.8 Å². The van der Waals surface area contributed by atoms with Crippen LogP contribution in [0.25, 0.3) is 0 Å². The molecule has 0 aliphatic carbocycles. The number of carbonyl (C=O) groups is 1. The first-order valence-corrected chi connectivity index (χ1v) is 9.19. The molecule has 2 aromatic heterocycles. The number of nitrogens with one attached hydrogen (secondary N) is 1. The minimum absolute atomic E-state index is 0. The highest BCUT2D eigenvalue weighted by atomic mass is 35.5. The highest BCUT2D eigenvalue weighted by molar-refractivity contribution is 5.97. The van der Waals surface area contributed by atoms with E-state index in [2.05, 4.69) is 30.8 Å². The van der Waals surface area contributed by atoms with Crippen molar-refractivity contribution in [3.05, 3.63) is 41.3 Å². The molecule has 3 N–H and O–H groups in total. The summed E-state index contributed by atoms with van der Waals surface area (Å²) in [6.07, 6.45) is 2.83. The van der Waals surface area contributed by atoms with Crippen LogP contribution in [-0.4, -0.2) is 58.3 Å². The number of halogens is 2. The number of hydrogen-bond acceptors (Lipinski definition) is 6. The van der Waals surface area contributed by atoms with Gasteiger partial charge in [0, 0.05) is 52.0 Å². The maximum Gasteiger partial charge on any atom is 0.252 e. The molecule has 1 fully saturated rings. The largest absolute Gasteiger partial charge is 0.365 e. The number of primary amides is 1. The van der Waals surface area contributed by atoms with E-state index in [0.29, 0.717) is 11.4 Å². The number of fused-ring (bicyclic) bond motifs is 1. The monoisotopic (exact) mass is 427 g/mol. The molecule has 1 saturated heterocycles. The second kappa shape index (κ2) is 10.1. The van der Waals surface area contributed by atoms with E-state index >= 15 is 0 Å². The van der Waals surface area contributed by atoms with Gasteiger partial charge in [0.25, 0.3) is 5.91 Å². The Bertz CT molecular complexity index is 766. The van der Waals surface area contributed by atoms with Gasteiger partial charge in [0.2, 0.25) is 0 Å². The van der Waals surface area contributed by atoms with Crippen molar-refractivity contribution in [1.29, 1.82) is 0 Å². The molecule has 154 valence electrons. The Morgan fingerprint density at radius 2 is 1.96 bits per heavy atom. The maximum atomic E-state index is 11.6. The number of nitrogens with two attached hydrogens (primary N) is 1. The molecule has 2 aliphatic heterocycles. The molecular weight excluding hydrogens is 401 g/mol. The number of anilines is 1. The Balaban J connectivity index is 0.00000140. The van der Waals surface area contributed by atoms with Gasteiger partial charge in [-0.1, -0.05) is 0 Å². The van der Waals surface area contributed by atoms with Gasteiger partial charge in [-0.2, -0.15) is 5.10 Å². The van der Waals surface area contributed by atoms with Crippen molar-refractivity contribution in [3.8, 4) is 0 Å². The number of carbonyl (C=O) groups excluding carboxylic acids is 1. The third-order valence-corrected chi connectivity index (χ3v) is 5.05. The van der Waals surface area contributed by atoms with Gasteiger partial charge < -0.3 is 16.0 Å². The van der Waals surface area contributed by atoms with Gasteiger partial charge in [0.1, 0.15) is 5.82 Å². The number of aromatic nitrogens is 3. The van der Waals surface area contributed by atoms with E-state index < -0.39 is 5.91 Å². The fraction of sp³-hybridized carbons (Fsp3) is 0.500. The molecule has 0 aromatic carbocycles. The number of aryl methyl sites for hydroxylation is 1. The third kappa shape index (κ3) is 4.94. The highest BCUT2D eigenvalue weighted by Gasteiger charge is 2.22. The van der Waals surface area contributed by atoms with Crippen LogP contribution >= 0.6 is 24.8 Å². The van der Waals surface area contributed by atoms with E-state index in [4.69, 9.17) is 10.8 Å². The zero-order chi connectivity index (χ0) is 17.9. The number of pyridine rings is 1. The van der Waals surface area contributed by atoms with Gasteiger partial charge in [0.15, 0.2) is 0 Å². The first-order chi connectivity index (χ1) is 12.7. The molecule has 0 bridgehead atoms. The van der Waals surface area contributed by atoms with E-state index in [1.54, 1.807) is 18.3 Å². The molecule has 0 atom stereocenters. The Labute approximate surface area is 177 Å². The van der Waals surface area contributed by atoms with Crippen LogP contribution in [0.1, 0.15) is 28.2 Å². The topological polar surface area (TPSA) is 92.3 Å². The lowest BCUT2D eigenvalue weighted by atomic mass is 10.2. The summed E-state index contributed by atoms with van der Waals surface area (Å²) in [5, 5.41) is 8.20. The van der Waals surface area contributed by atoms with E-state index in [1.165, 1.54) is 5.69 Å². The molecule has 8 nitrogen and oxygen atoms in total. The van der Waals surface area contributed by atoms with Crippen molar-refractivity contribution in [1.82, 2.24) is 25.0 Å². The Morgan fingerprint density at radius 1 is 1.18 bits per heavy atom. The molecule has 4 heterocycles. The summed E-state index contributed by atoms with van der Waals surface area (Å²) in [4.78, 5) is 20.5. The van der Waals surface area contributed by atoms with Crippen LogP contribution in [0.3, 0.4) is 0 Å². The predicted molar refractivity (Wildman–Crippen MR) is 113 cm³/mol. The van der Waals surface area contributed by atoms with Crippen molar-refractivity contribution in [2.75, 3.05) is 37.6 Å². The van der Waals surface area contributed by atoms with Crippen molar-refractivity contribution in [2.45, 2.75) is 26.1 Å². The van der Waals surface area contributed by atoms with Gasteiger partial charge in [-0.05, 0) is 31.2 Å². The highest BCUT2D eigenvalue weighted by Crippen LogP contribution is 2.19. The molecule has 0 saturated carbocycles. The van der Waals surface area contributed by atoms with Gasteiger partial charge >= 0.3 is 0 Å². The van der Waals surface area contributed by atoms with E-state index in [0.717, 1.165) is 64.5 Å². The zero-order valence-electron chi connectivity index (χ0n) is 15.7. The molecule has 0 unspecified atom stereocenters. The molecule has 4 rings (SSSR count). The van der Waals surface area contributed by atoms with Gasteiger partial charge in [-0.25, -0.2) is 4.98 Å². The normalized spacial score (nSPS) is 17.1.